The molecule has 0 bridgehead atoms. The van der Waals surface area contributed by atoms with Crippen molar-refractivity contribution in [2.45, 2.75) is 18.4 Å². The van der Waals surface area contributed by atoms with Crippen molar-refractivity contribution in [1.82, 2.24) is 19.3 Å². The molecule has 0 atom stereocenters. The van der Waals surface area contributed by atoms with Crippen molar-refractivity contribution in [3.05, 3.63) is 30.4 Å². The number of nitrogens with one attached hydrogen (secondary N) is 1. The third-order valence-corrected chi connectivity index (χ3v) is 5.90. The summed E-state index contributed by atoms with van der Waals surface area (Å²) in [6.07, 6.45) is 3.81. The van der Waals surface area contributed by atoms with E-state index >= 15 is 0 Å². The summed E-state index contributed by atoms with van der Waals surface area (Å²) < 4.78 is 31.8. The van der Waals surface area contributed by atoms with Crippen molar-refractivity contribution in [2.75, 3.05) is 38.2 Å². The summed E-state index contributed by atoms with van der Waals surface area (Å²) in [4.78, 5) is 13.3. The zero-order chi connectivity index (χ0) is 17.2. The minimum absolute atomic E-state index is 0.166. The first kappa shape index (κ1) is 16.7. The highest BCUT2D eigenvalue weighted by Crippen LogP contribution is 2.21. The van der Waals surface area contributed by atoms with Gasteiger partial charge < -0.3 is 14.6 Å². The van der Waals surface area contributed by atoms with Crippen molar-refractivity contribution in [3.8, 4) is 5.88 Å². The fourth-order valence-corrected chi connectivity index (χ4v) is 4.01. The van der Waals surface area contributed by atoms with E-state index in [0.717, 1.165) is 5.69 Å². The maximum Gasteiger partial charge on any atom is 0.260 e. The lowest BCUT2D eigenvalue weighted by atomic mass is 10.3. The maximum atomic E-state index is 12.7. The first-order valence-electron chi connectivity index (χ1n) is 7.83. The van der Waals surface area contributed by atoms with Crippen LogP contribution in [0.3, 0.4) is 0 Å². The van der Waals surface area contributed by atoms with Crippen molar-refractivity contribution in [3.63, 3.8) is 0 Å². The zero-order valence-corrected chi connectivity index (χ0v) is 14.6. The Morgan fingerprint density at radius 2 is 1.92 bits per heavy atom. The molecule has 1 saturated heterocycles. The Kier molecular flexibility index (Phi) is 4.72. The Morgan fingerprint density at radius 1 is 1.17 bits per heavy atom. The second-order valence-corrected chi connectivity index (χ2v) is 7.40. The minimum atomic E-state index is -3.51. The molecular formula is C15H21N5O3S. The predicted octanol–water partition coefficient (Wildman–Crippen LogP) is 0.887. The first-order valence-corrected chi connectivity index (χ1v) is 9.27. The third-order valence-electron chi connectivity index (χ3n) is 4.09. The van der Waals surface area contributed by atoms with Crippen LogP contribution >= 0.6 is 0 Å². The molecule has 0 aromatic carbocycles. The lowest BCUT2D eigenvalue weighted by Crippen LogP contribution is -2.48. The summed E-state index contributed by atoms with van der Waals surface area (Å²) in [6.45, 7) is 4.00. The second kappa shape index (κ2) is 6.78. The van der Waals surface area contributed by atoms with Crippen molar-refractivity contribution >= 4 is 15.7 Å². The number of sulfonamides is 1. The number of imidazole rings is 1. The highest BCUT2D eigenvalue weighted by molar-refractivity contribution is 7.89. The average Bonchev–Trinajstić information content (AvgIpc) is 3.12. The highest BCUT2D eigenvalue weighted by atomic mass is 32.2. The van der Waals surface area contributed by atoms with Gasteiger partial charge in [0.15, 0.2) is 5.03 Å². The maximum absolute atomic E-state index is 12.7. The molecule has 2 aromatic rings. The summed E-state index contributed by atoms with van der Waals surface area (Å²) in [5, 5.41) is 0.166. The SMILES string of the molecule is CCc1ncc(S(=O)(=O)N2CCN(c3ccc(OC)nc3)CC2)[nH]1. The molecule has 1 N–H and O–H groups in total. The number of piperazine rings is 1. The highest BCUT2D eigenvalue weighted by Gasteiger charge is 2.30. The Labute approximate surface area is 141 Å². The van der Waals surface area contributed by atoms with Crippen LogP contribution in [0.1, 0.15) is 12.7 Å². The van der Waals surface area contributed by atoms with Gasteiger partial charge in [0.25, 0.3) is 10.0 Å². The fraction of sp³-hybridized carbons (Fsp3) is 0.467. The van der Waals surface area contributed by atoms with Gasteiger partial charge in [-0.25, -0.2) is 18.4 Å². The summed E-state index contributed by atoms with van der Waals surface area (Å²) in [6, 6.07) is 3.73. The largest absolute Gasteiger partial charge is 0.481 e. The molecule has 1 aliphatic rings. The minimum Gasteiger partial charge on any atom is -0.481 e. The molecule has 8 nitrogen and oxygen atoms in total. The van der Waals surface area contributed by atoms with Gasteiger partial charge in [0, 0.05) is 38.7 Å². The molecule has 0 amide bonds. The van der Waals surface area contributed by atoms with Crippen LogP contribution < -0.4 is 9.64 Å². The smallest absolute Gasteiger partial charge is 0.260 e. The van der Waals surface area contributed by atoms with Crippen LogP contribution in [0.5, 0.6) is 5.88 Å². The summed E-state index contributed by atoms with van der Waals surface area (Å²) in [5.74, 6) is 1.24. The molecule has 0 saturated carbocycles. The molecule has 3 rings (SSSR count). The number of hydrogen-bond donors (Lipinski definition) is 1. The number of hydrogen-bond acceptors (Lipinski definition) is 6. The number of aryl methyl sites for hydroxylation is 1. The van der Waals surface area contributed by atoms with E-state index in [4.69, 9.17) is 4.74 Å². The normalized spacial score (nSPS) is 16.3. The number of nitrogens with zero attached hydrogens (tertiary/aromatic N) is 4. The van der Waals surface area contributed by atoms with Gasteiger partial charge in [0.1, 0.15) is 5.82 Å². The monoisotopic (exact) mass is 351 g/mol. The molecule has 24 heavy (non-hydrogen) atoms. The van der Waals surface area contributed by atoms with Crippen LogP contribution in [-0.2, 0) is 16.4 Å². The van der Waals surface area contributed by atoms with E-state index in [-0.39, 0.29) is 5.03 Å². The molecule has 3 heterocycles. The summed E-state index contributed by atoms with van der Waals surface area (Å²) in [5.41, 5.74) is 0.961. The number of anilines is 1. The van der Waals surface area contributed by atoms with Gasteiger partial charge in [-0.1, -0.05) is 6.92 Å². The van der Waals surface area contributed by atoms with Crippen LogP contribution in [-0.4, -0.2) is 61.0 Å². The number of rotatable bonds is 5. The van der Waals surface area contributed by atoms with Gasteiger partial charge >= 0.3 is 0 Å². The van der Waals surface area contributed by atoms with Crippen molar-refractivity contribution in [2.24, 2.45) is 0 Å². The Balaban J connectivity index is 1.67. The summed E-state index contributed by atoms with van der Waals surface area (Å²) in [7, 11) is -1.94. The van der Waals surface area contributed by atoms with Gasteiger partial charge in [0.05, 0.1) is 25.2 Å². The quantitative estimate of drug-likeness (QED) is 0.860. The Morgan fingerprint density at radius 3 is 2.46 bits per heavy atom. The number of ether oxygens (including phenoxy) is 1. The standard InChI is InChI=1S/C15H21N5O3S/c1-3-13-16-11-15(18-13)24(21,22)20-8-6-19(7-9-20)12-4-5-14(23-2)17-10-12/h4-5,10-11H,3,6-9H2,1-2H3,(H,16,18). The van der Waals surface area contributed by atoms with Gasteiger partial charge in [-0.05, 0) is 6.07 Å². The Bertz CT molecular complexity index is 780. The van der Waals surface area contributed by atoms with Gasteiger partial charge in [-0.15, -0.1) is 0 Å². The molecule has 2 aromatic heterocycles. The van der Waals surface area contributed by atoms with Gasteiger partial charge in [-0.3, -0.25) is 0 Å². The molecule has 130 valence electrons. The van der Waals surface area contributed by atoms with E-state index in [9.17, 15) is 8.42 Å². The lowest BCUT2D eigenvalue weighted by Gasteiger charge is -2.34. The molecule has 1 aliphatic heterocycles. The van der Waals surface area contributed by atoms with E-state index in [1.54, 1.807) is 19.4 Å². The van der Waals surface area contributed by atoms with Crippen LogP contribution in [0, 0.1) is 0 Å². The van der Waals surface area contributed by atoms with Gasteiger partial charge in [-0.2, -0.15) is 4.31 Å². The average molecular weight is 351 g/mol. The second-order valence-electron chi connectivity index (χ2n) is 5.50. The number of H-pyrrole nitrogens is 1. The molecule has 0 aliphatic carbocycles. The molecule has 1 fully saturated rings. The lowest BCUT2D eigenvalue weighted by molar-refractivity contribution is 0.382. The molecule has 9 heteroatoms. The van der Waals surface area contributed by atoms with E-state index < -0.39 is 10.0 Å². The third kappa shape index (κ3) is 3.22. The van der Waals surface area contributed by atoms with Crippen LogP contribution in [0.15, 0.2) is 29.6 Å². The molecule has 0 radical (unpaired) electrons. The van der Waals surface area contributed by atoms with E-state index in [2.05, 4.69) is 19.9 Å². The van der Waals surface area contributed by atoms with Crippen LogP contribution in [0.25, 0.3) is 0 Å². The topological polar surface area (TPSA) is 91.4 Å². The number of pyridine rings is 1. The van der Waals surface area contributed by atoms with E-state index in [1.165, 1.54) is 10.5 Å². The number of methoxy groups -OCH3 is 1. The van der Waals surface area contributed by atoms with Crippen molar-refractivity contribution in [1.29, 1.82) is 0 Å². The fourth-order valence-electron chi connectivity index (χ4n) is 2.66. The number of aromatic nitrogens is 3. The molecule has 0 unspecified atom stereocenters. The first-order chi connectivity index (χ1) is 11.5. The predicted molar refractivity (Wildman–Crippen MR) is 89.7 cm³/mol. The molecule has 0 spiro atoms. The molecular weight excluding hydrogens is 330 g/mol. The van der Waals surface area contributed by atoms with Crippen molar-refractivity contribution < 1.29 is 13.2 Å². The zero-order valence-electron chi connectivity index (χ0n) is 13.8. The van der Waals surface area contributed by atoms with Crippen LogP contribution in [0.2, 0.25) is 0 Å². The Hall–Kier alpha value is -2.13. The van der Waals surface area contributed by atoms with Crippen LogP contribution in [0.4, 0.5) is 5.69 Å². The summed E-state index contributed by atoms with van der Waals surface area (Å²) >= 11 is 0. The van der Waals surface area contributed by atoms with E-state index in [0.29, 0.717) is 44.3 Å². The van der Waals surface area contributed by atoms with Gasteiger partial charge in [0.2, 0.25) is 5.88 Å². The van der Waals surface area contributed by atoms with E-state index in [1.807, 2.05) is 13.0 Å². The number of aromatic amines is 1.